The van der Waals surface area contributed by atoms with Crippen LogP contribution in [0, 0.1) is 12.8 Å². The van der Waals surface area contributed by atoms with Crippen LogP contribution in [0.4, 0.5) is 4.79 Å². The average molecular weight is 589 g/mol. The Morgan fingerprint density at radius 2 is 1.78 bits per heavy atom. The number of amides is 1. The normalized spacial score (nSPS) is 24.6. The molecule has 10 nitrogen and oxygen atoms in total. The van der Waals surface area contributed by atoms with Crippen LogP contribution in [-0.4, -0.2) is 74.5 Å². The van der Waals surface area contributed by atoms with E-state index in [0.29, 0.717) is 6.61 Å². The largest absolute Gasteiger partial charge is 0.443 e. The van der Waals surface area contributed by atoms with Gasteiger partial charge in [-0.15, -0.1) is 0 Å². The first-order valence-electron chi connectivity index (χ1n) is 14.5. The van der Waals surface area contributed by atoms with Crippen molar-refractivity contribution in [2.75, 3.05) is 19.8 Å². The lowest BCUT2D eigenvalue weighted by atomic mass is 9.98. The molecule has 2 aromatic rings. The van der Waals surface area contributed by atoms with Crippen molar-refractivity contribution in [2.24, 2.45) is 5.92 Å². The van der Waals surface area contributed by atoms with Crippen molar-refractivity contribution >= 4 is 16.1 Å². The summed E-state index contributed by atoms with van der Waals surface area (Å²) in [5, 5.41) is 14.3. The summed E-state index contributed by atoms with van der Waals surface area (Å²) in [7, 11) is -4.10. The first-order valence-corrected chi connectivity index (χ1v) is 15.9. The van der Waals surface area contributed by atoms with Crippen LogP contribution in [0.15, 0.2) is 59.5 Å². The molecule has 0 bridgehead atoms. The number of hydroxylamine groups is 1. The van der Waals surface area contributed by atoms with Crippen LogP contribution in [-0.2, 0) is 35.5 Å². The minimum Gasteiger partial charge on any atom is -0.443 e. The zero-order chi connectivity index (χ0) is 28.8. The molecule has 5 rings (SSSR count). The van der Waals surface area contributed by atoms with Gasteiger partial charge in [-0.3, -0.25) is 4.84 Å². The van der Waals surface area contributed by atoms with E-state index in [1.807, 2.05) is 37.3 Å². The summed E-state index contributed by atoms with van der Waals surface area (Å²) in [6, 6.07) is 15.1. The lowest BCUT2D eigenvalue weighted by molar-refractivity contribution is -0.156. The fraction of sp³-hybridized carbons (Fsp3) is 0.567. The first-order chi connectivity index (χ1) is 19.8. The van der Waals surface area contributed by atoms with E-state index in [1.54, 1.807) is 12.1 Å². The van der Waals surface area contributed by atoms with Crippen LogP contribution in [0.3, 0.4) is 0 Å². The summed E-state index contributed by atoms with van der Waals surface area (Å²) in [4.78, 5) is 19.2. The summed E-state index contributed by atoms with van der Waals surface area (Å²) in [6.07, 6.45) is 2.37. The number of carbonyl (C=O) groups is 1. The van der Waals surface area contributed by atoms with Gasteiger partial charge in [0.05, 0.1) is 48.8 Å². The first kappa shape index (κ1) is 29.9. The molecule has 5 atom stereocenters. The number of rotatable bonds is 11. The molecule has 0 spiro atoms. The molecular weight excluding hydrogens is 548 g/mol. The molecule has 3 aliphatic rings. The fourth-order valence-corrected chi connectivity index (χ4v) is 6.96. The van der Waals surface area contributed by atoms with Crippen molar-refractivity contribution in [1.29, 1.82) is 0 Å². The second-order valence-electron chi connectivity index (χ2n) is 11.1. The van der Waals surface area contributed by atoms with Crippen molar-refractivity contribution in [1.82, 2.24) is 9.79 Å². The van der Waals surface area contributed by atoms with Crippen LogP contribution in [0.2, 0.25) is 0 Å². The van der Waals surface area contributed by atoms with E-state index >= 15 is 0 Å². The minimum atomic E-state index is -4.10. The smallest absolute Gasteiger partial charge is 0.407 e. The molecule has 2 N–H and O–H groups in total. The van der Waals surface area contributed by atoms with Crippen molar-refractivity contribution in [3.8, 4) is 0 Å². The van der Waals surface area contributed by atoms with E-state index in [9.17, 15) is 18.3 Å². The number of aryl methyl sites for hydroxylation is 1. The second kappa shape index (κ2) is 13.6. The van der Waals surface area contributed by atoms with E-state index in [4.69, 9.17) is 19.0 Å². The molecule has 0 unspecified atom stereocenters. The van der Waals surface area contributed by atoms with Gasteiger partial charge in [0.25, 0.3) is 10.0 Å². The molecule has 2 aliphatic heterocycles. The van der Waals surface area contributed by atoms with Crippen LogP contribution in [0.5, 0.6) is 0 Å². The number of nitrogens with one attached hydrogen (secondary N) is 1. The van der Waals surface area contributed by atoms with Crippen LogP contribution in [0.1, 0.15) is 49.7 Å². The standard InChI is InChI=1S/C30H40N2O8S/c1-21-12-14-24(15-13-21)41(35,36)32(40-23-10-6-3-7-11-23)19-27(33)26(18-22-8-4-2-5-9-22)31-30(34)39-28-20-38-29-25(28)16-17-37-29/h2,4-5,8-9,12-15,23,25-29,33H,3,6-7,10-11,16-20H2,1H3,(H,31,34)/t25-,26-,27+,28-,29+/m0/s1. The highest BCUT2D eigenvalue weighted by molar-refractivity contribution is 7.89. The molecule has 2 heterocycles. The Bertz CT molecular complexity index is 1240. The number of aliphatic hydroxyl groups is 1. The molecule has 3 fully saturated rings. The van der Waals surface area contributed by atoms with Gasteiger partial charge in [-0.2, -0.15) is 0 Å². The van der Waals surface area contributed by atoms with Gasteiger partial charge in [0.2, 0.25) is 0 Å². The average Bonchev–Trinajstić information content (AvgIpc) is 3.59. The summed E-state index contributed by atoms with van der Waals surface area (Å²) in [5.74, 6) is -0.0303. The van der Waals surface area contributed by atoms with Gasteiger partial charge in [-0.1, -0.05) is 71.8 Å². The quantitative estimate of drug-likeness (QED) is 0.381. The predicted octanol–water partition coefficient (Wildman–Crippen LogP) is 3.71. The fourth-order valence-electron chi connectivity index (χ4n) is 5.66. The molecule has 0 radical (unpaired) electrons. The molecule has 2 aromatic carbocycles. The van der Waals surface area contributed by atoms with Crippen molar-refractivity contribution in [2.45, 2.75) is 87.4 Å². The molecule has 1 amide bonds. The summed E-state index contributed by atoms with van der Waals surface area (Å²) >= 11 is 0. The molecular formula is C30H40N2O8S. The maximum atomic E-state index is 13.7. The maximum absolute atomic E-state index is 13.7. The predicted molar refractivity (Wildman–Crippen MR) is 150 cm³/mol. The molecule has 1 saturated carbocycles. The second-order valence-corrected chi connectivity index (χ2v) is 13.0. The number of hydrogen-bond acceptors (Lipinski definition) is 8. The monoisotopic (exact) mass is 588 g/mol. The molecule has 2 saturated heterocycles. The van der Waals surface area contributed by atoms with E-state index in [1.165, 1.54) is 12.1 Å². The number of fused-ring (bicyclic) bond motifs is 1. The van der Waals surface area contributed by atoms with Crippen LogP contribution in [0.25, 0.3) is 0 Å². The Balaban J connectivity index is 1.34. The van der Waals surface area contributed by atoms with Gasteiger partial charge < -0.3 is 24.6 Å². The van der Waals surface area contributed by atoms with Gasteiger partial charge in [-0.05, 0) is 50.3 Å². The number of hydrogen-bond donors (Lipinski definition) is 2. The third kappa shape index (κ3) is 7.65. The molecule has 1 aliphatic carbocycles. The van der Waals surface area contributed by atoms with Gasteiger partial charge in [-0.25, -0.2) is 13.2 Å². The molecule has 41 heavy (non-hydrogen) atoms. The minimum absolute atomic E-state index is 0.0303. The number of aliphatic hydroxyl groups excluding tert-OH is 1. The number of alkyl carbamates (subject to hydrolysis) is 1. The number of ether oxygens (including phenoxy) is 3. The molecule has 0 aromatic heterocycles. The lowest BCUT2D eigenvalue weighted by Gasteiger charge is -2.32. The van der Waals surface area contributed by atoms with Crippen molar-refractivity contribution < 1.29 is 37.4 Å². The van der Waals surface area contributed by atoms with Gasteiger partial charge in [0.15, 0.2) is 6.29 Å². The topological polar surface area (TPSA) is 124 Å². The third-order valence-electron chi connectivity index (χ3n) is 8.05. The van der Waals surface area contributed by atoms with Gasteiger partial charge in [0.1, 0.15) is 6.10 Å². The Hall–Kier alpha value is -2.54. The Kier molecular flexibility index (Phi) is 9.95. The summed E-state index contributed by atoms with van der Waals surface area (Å²) in [5.41, 5.74) is 1.80. The third-order valence-corrected chi connectivity index (χ3v) is 9.69. The number of nitrogens with zero attached hydrogens (tertiary/aromatic N) is 1. The van der Waals surface area contributed by atoms with Gasteiger partial charge >= 0.3 is 6.09 Å². The van der Waals surface area contributed by atoms with Gasteiger partial charge in [0, 0.05) is 0 Å². The lowest BCUT2D eigenvalue weighted by Crippen LogP contribution is -2.51. The van der Waals surface area contributed by atoms with Crippen LogP contribution < -0.4 is 5.32 Å². The zero-order valence-electron chi connectivity index (χ0n) is 23.4. The van der Waals surface area contributed by atoms with E-state index < -0.39 is 34.4 Å². The Morgan fingerprint density at radius 1 is 1.05 bits per heavy atom. The van der Waals surface area contributed by atoms with E-state index in [-0.39, 0.29) is 42.8 Å². The maximum Gasteiger partial charge on any atom is 0.407 e. The number of sulfonamides is 1. The van der Waals surface area contributed by atoms with E-state index in [0.717, 1.165) is 54.1 Å². The highest BCUT2D eigenvalue weighted by Crippen LogP contribution is 2.33. The van der Waals surface area contributed by atoms with E-state index in [2.05, 4.69) is 5.32 Å². The van der Waals surface area contributed by atoms with Crippen molar-refractivity contribution in [3.05, 3.63) is 65.7 Å². The summed E-state index contributed by atoms with van der Waals surface area (Å²) < 4.78 is 45.2. The highest BCUT2D eigenvalue weighted by Gasteiger charge is 2.44. The Morgan fingerprint density at radius 3 is 2.51 bits per heavy atom. The number of benzene rings is 2. The highest BCUT2D eigenvalue weighted by atomic mass is 32.2. The van der Waals surface area contributed by atoms with Crippen molar-refractivity contribution in [3.63, 3.8) is 0 Å². The summed E-state index contributed by atoms with van der Waals surface area (Å²) in [6.45, 7) is 2.31. The Labute approximate surface area is 241 Å². The molecule has 224 valence electrons. The number of carbonyl (C=O) groups excluding carboxylic acids is 1. The molecule has 11 heteroatoms. The zero-order valence-corrected chi connectivity index (χ0v) is 24.2. The van der Waals surface area contributed by atoms with Crippen LogP contribution >= 0.6 is 0 Å². The SMILES string of the molecule is Cc1ccc(S(=O)(=O)N(C[C@@H](O)[C@H](Cc2ccccc2)NC(=O)O[C@H]2CO[C@H]3OCC[C@H]32)OC2CCCCC2)cc1.